The second-order valence-corrected chi connectivity index (χ2v) is 5.97. The number of rotatable bonds is 4. The summed E-state index contributed by atoms with van der Waals surface area (Å²) in [5.41, 5.74) is 2.62. The number of carbonyl (C=O) groups is 1. The average molecular weight is 312 g/mol. The van der Waals surface area contributed by atoms with E-state index in [4.69, 9.17) is 5.11 Å². The minimum Gasteiger partial charge on any atom is -0.480 e. The molecule has 0 fully saturated rings. The lowest BCUT2D eigenvalue weighted by molar-refractivity contribution is -0.139. The fraction of sp³-hybridized carbons (Fsp3) is 0.500. The van der Waals surface area contributed by atoms with Crippen molar-refractivity contribution >= 4 is 21.9 Å². The number of hydrogen-bond acceptors (Lipinski definition) is 2. The lowest BCUT2D eigenvalue weighted by Crippen LogP contribution is -2.38. The van der Waals surface area contributed by atoms with Gasteiger partial charge >= 0.3 is 5.97 Å². The SMILES string of the molecule is CC(C)N(CC(=O)O)C1CCc2cc(Br)ccc21. The van der Waals surface area contributed by atoms with Crippen molar-refractivity contribution in [1.82, 2.24) is 4.90 Å². The lowest BCUT2D eigenvalue weighted by atomic mass is 10.1. The monoisotopic (exact) mass is 311 g/mol. The molecule has 0 saturated carbocycles. The third kappa shape index (κ3) is 2.75. The zero-order chi connectivity index (χ0) is 13.3. The molecule has 0 bridgehead atoms. The summed E-state index contributed by atoms with van der Waals surface area (Å²) in [6.07, 6.45) is 2.04. The molecule has 18 heavy (non-hydrogen) atoms. The molecule has 1 aliphatic carbocycles. The van der Waals surface area contributed by atoms with E-state index < -0.39 is 5.97 Å². The Bertz CT molecular complexity index is 459. The minimum atomic E-state index is -0.755. The van der Waals surface area contributed by atoms with Crippen molar-refractivity contribution < 1.29 is 9.90 Å². The van der Waals surface area contributed by atoms with Crippen molar-refractivity contribution in [2.24, 2.45) is 0 Å². The second kappa shape index (κ2) is 5.41. The van der Waals surface area contributed by atoms with E-state index in [0.29, 0.717) is 0 Å². The Kier molecular flexibility index (Phi) is 4.07. The van der Waals surface area contributed by atoms with Gasteiger partial charge in [0.25, 0.3) is 0 Å². The maximum Gasteiger partial charge on any atom is 0.317 e. The van der Waals surface area contributed by atoms with E-state index in [1.165, 1.54) is 11.1 Å². The number of benzene rings is 1. The van der Waals surface area contributed by atoms with Crippen LogP contribution in [0.5, 0.6) is 0 Å². The molecule has 2 rings (SSSR count). The number of aliphatic carboxylic acids is 1. The Morgan fingerprint density at radius 3 is 2.89 bits per heavy atom. The Balaban J connectivity index is 2.27. The highest BCUT2D eigenvalue weighted by atomic mass is 79.9. The van der Waals surface area contributed by atoms with Crippen LogP contribution in [0.4, 0.5) is 0 Å². The first-order valence-corrected chi connectivity index (χ1v) is 7.04. The lowest BCUT2D eigenvalue weighted by Gasteiger charge is -2.31. The Hall–Kier alpha value is -0.870. The zero-order valence-corrected chi connectivity index (χ0v) is 12.3. The van der Waals surface area contributed by atoms with Gasteiger partial charge in [-0.15, -0.1) is 0 Å². The van der Waals surface area contributed by atoms with Gasteiger partial charge in [-0.1, -0.05) is 22.0 Å². The van der Waals surface area contributed by atoms with Crippen LogP contribution in [0, 0.1) is 0 Å². The number of carboxylic acids is 1. The molecular formula is C14H18BrNO2. The Labute approximate surface area is 116 Å². The van der Waals surface area contributed by atoms with Crippen LogP contribution in [0.25, 0.3) is 0 Å². The molecule has 1 atom stereocenters. The van der Waals surface area contributed by atoms with Gasteiger partial charge in [0, 0.05) is 16.6 Å². The van der Waals surface area contributed by atoms with Gasteiger partial charge in [0.05, 0.1) is 6.54 Å². The fourth-order valence-corrected chi connectivity index (χ4v) is 3.13. The molecule has 0 saturated heterocycles. The predicted octanol–water partition coefficient (Wildman–Crippen LogP) is 3.23. The van der Waals surface area contributed by atoms with Gasteiger partial charge in [-0.3, -0.25) is 9.69 Å². The normalized spacial score (nSPS) is 18.4. The van der Waals surface area contributed by atoms with E-state index in [-0.39, 0.29) is 18.6 Å². The van der Waals surface area contributed by atoms with Gasteiger partial charge < -0.3 is 5.11 Å². The number of nitrogens with zero attached hydrogens (tertiary/aromatic N) is 1. The van der Waals surface area contributed by atoms with Crippen LogP contribution in [0.15, 0.2) is 22.7 Å². The molecule has 0 radical (unpaired) electrons. The van der Waals surface area contributed by atoms with E-state index in [1.54, 1.807) is 0 Å². The summed E-state index contributed by atoms with van der Waals surface area (Å²) in [6.45, 7) is 4.22. The summed E-state index contributed by atoms with van der Waals surface area (Å²) >= 11 is 3.48. The average Bonchev–Trinajstić information content (AvgIpc) is 2.67. The van der Waals surface area contributed by atoms with Crippen LogP contribution < -0.4 is 0 Å². The number of fused-ring (bicyclic) bond motifs is 1. The summed E-state index contributed by atoms with van der Waals surface area (Å²) < 4.78 is 1.09. The van der Waals surface area contributed by atoms with Gasteiger partial charge in [-0.2, -0.15) is 0 Å². The third-order valence-corrected chi connectivity index (χ3v) is 4.03. The molecule has 4 heteroatoms. The largest absolute Gasteiger partial charge is 0.480 e. The minimum absolute atomic E-state index is 0.109. The molecule has 0 spiro atoms. The molecule has 1 aliphatic rings. The standard InChI is InChI=1S/C14H18BrNO2/c1-9(2)16(8-14(17)18)13-6-3-10-7-11(15)4-5-12(10)13/h4-5,7,9,13H,3,6,8H2,1-2H3,(H,17,18). The van der Waals surface area contributed by atoms with Gasteiger partial charge in [-0.05, 0) is 49.9 Å². The van der Waals surface area contributed by atoms with Gasteiger partial charge in [0.1, 0.15) is 0 Å². The van der Waals surface area contributed by atoms with Crippen LogP contribution in [0.1, 0.15) is 37.4 Å². The van der Waals surface area contributed by atoms with Crippen LogP contribution in [0.2, 0.25) is 0 Å². The maximum atomic E-state index is 11.0. The second-order valence-electron chi connectivity index (χ2n) is 5.06. The molecule has 0 aliphatic heterocycles. The number of halogens is 1. The van der Waals surface area contributed by atoms with Crippen LogP contribution in [-0.2, 0) is 11.2 Å². The molecule has 0 amide bonds. The highest BCUT2D eigenvalue weighted by Gasteiger charge is 2.30. The molecule has 1 aromatic rings. The van der Waals surface area contributed by atoms with E-state index in [9.17, 15) is 4.79 Å². The predicted molar refractivity (Wildman–Crippen MR) is 74.7 cm³/mol. The first-order chi connectivity index (χ1) is 8.49. The van der Waals surface area contributed by atoms with Gasteiger partial charge in [0.2, 0.25) is 0 Å². The van der Waals surface area contributed by atoms with E-state index >= 15 is 0 Å². The first-order valence-electron chi connectivity index (χ1n) is 6.25. The Morgan fingerprint density at radius 2 is 2.28 bits per heavy atom. The van der Waals surface area contributed by atoms with E-state index in [1.807, 2.05) is 6.07 Å². The summed E-state index contributed by atoms with van der Waals surface area (Å²) in [6, 6.07) is 6.78. The number of hydrogen-bond donors (Lipinski definition) is 1. The molecule has 3 nitrogen and oxygen atoms in total. The zero-order valence-electron chi connectivity index (χ0n) is 10.7. The number of carboxylic acid groups (broad SMARTS) is 1. The first kappa shape index (κ1) is 13.6. The molecule has 0 aromatic heterocycles. The van der Waals surface area contributed by atoms with Crippen LogP contribution in [-0.4, -0.2) is 28.6 Å². The molecule has 1 N–H and O–H groups in total. The van der Waals surface area contributed by atoms with Gasteiger partial charge in [0.15, 0.2) is 0 Å². The third-order valence-electron chi connectivity index (χ3n) is 3.53. The van der Waals surface area contributed by atoms with Crippen LogP contribution in [0.3, 0.4) is 0 Å². The molecular weight excluding hydrogens is 294 g/mol. The summed E-state index contributed by atoms with van der Waals surface area (Å²) in [7, 11) is 0. The molecule has 1 unspecified atom stereocenters. The highest BCUT2D eigenvalue weighted by Crippen LogP contribution is 2.37. The molecule has 98 valence electrons. The van der Waals surface area contributed by atoms with Crippen molar-refractivity contribution in [2.45, 2.75) is 38.8 Å². The summed E-state index contributed by atoms with van der Waals surface area (Å²) in [5.74, 6) is -0.755. The van der Waals surface area contributed by atoms with Gasteiger partial charge in [-0.25, -0.2) is 0 Å². The topological polar surface area (TPSA) is 40.5 Å². The summed E-state index contributed by atoms with van der Waals surface area (Å²) in [5, 5.41) is 9.04. The quantitative estimate of drug-likeness (QED) is 0.928. The molecule has 1 aromatic carbocycles. The van der Waals surface area contributed by atoms with E-state index in [0.717, 1.165) is 17.3 Å². The Morgan fingerprint density at radius 1 is 1.56 bits per heavy atom. The molecule has 0 heterocycles. The van der Waals surface area contributed by atoms with Crippen molar-refractivity contribution in [2.75, 3.05) is 6.54 Å². The number of aryl methyl sites for hydroxylation is 1. The smallest absolute Gasteiger partial charge is 0.317 e. The van der Waals surface area contributed by atoms with Crippen molar-refractivity contribution in [3.05, 3.63) is 33.8 Å². The van der Waals surface area contributed by atoms with E-state index in [2.05, 4.69) is 46.8 Å². The summed E-state index contributed by atoms with van der Waals surface area (Å²) in [4.78, 5) is 13.1. The highest BCUT2D eigenvalue weighted by molar-refractivity contribution is 9.10. The van der Waals surface area contributed by atoms with Crippen molar-refractivity contribution in [1.29, 1.82) is 0 Å². The van der Waals surface area contributed by atoms with Crippen molar-refractivity contribution in [3.8, 4) is 0 Å². The fourth-order valence-electron chi connectivity index (χ4n) is 2.72. The van der Waals surface area contributed by atoms with Crippen LogP contribution >= 0.6 is 15.9 Å². The maximum absolute atomic E-state index is 11.0. The van der Waals surface area contributed by atoms with Crippen molar-refractivity contribution in [3.63, 3.8) is 0 Å².